The Morgan fingerprint density at radius 3 is 2.58 bits per heavy atom. The van der Waals surface area contributed by atoms with Crippen molar-refractivity contribution in [3.05, 3.63) is 53.8 Å². The SMILES string of the molecule is CCOc1cccc(Oc2cccc(F)c2CBr)c1. The normalized spacial score (nSPS) is 10.3. The summed E-state index contributed by atoms with van der Waals surface area (Å²) >= 11 is 3.27. The van der Waals surface area contributed by atoms with Crippen LogP contribution in [-0.4, -0.2) is 6.61 Å². The minimum Gasteiger partial charge on any atom is -0.494 e. The number of halogens is 2. The summed E-state index contributed by atoms with van der Waals surface area (Å²) in [4.78, 5) is 0. The molecule has 0 amide bonds. The van der Waals surface area contributed by atoms with Crippen molar-refractivity contribution in [1.82, 2.24) is 0 Å². The van der Waals surface area contributed by atoms with Crippen LogP contribution in [0.3, 0.4) is 0 Å². The zero-order valence-electron chi connectivity index (χ0n) is 10.5. The Morgan fingerprint density at radius 1 is 1.11 bits per heavy atom. The topological polar surface area (TPSA) is 18.5 Å². The molecule has 0 bridgehead atoms. The highest BCUT2D eigenvalue weighted by Crippen LogP contribution is 2.30. The molecule has 0 heterocycles. The lowest BCUT2D eigenvalue weighted by Crippen LogP contribution is -1.94. The summed E-state index contributed by atoms with van der Waals surface area (Å²) in [7, 11) is 0. The van der Waals surface area contributed by atoms with E-state index in [1.165, 1.54) is 6.07 Å². The first-order chi connectivity index (χ1) is 9.24. The molecule has 19 heavy (non-hydrogen) atoms. The van der Waals surface area contributed by atoms with Gasteiger partial charge in [-0.2, -0.15) is 0 Å². The molecule has 0 fully saturated rings. The Morgan fingerprint density at radius 2 is 1.84 bits per heavy atom. The van der Waals surface area contributed by atoms with Gasteiger partial charge in [0.15, 0.2) is 0 Å². The molecule has 0 spiro atoms. The van der Waals surface area contributed by atoms with Crippen molar-refractivity contribution in [1.29, 1.82) is 0 Å². The van der Waals surface area contributed by atoms with Gasteiger partial charge in [-0.3, -0.25) is 0 Å². The summed E-state index contributed by atoms with van der Waals surface area (Å²) < 4.78 is 24.7. The Labute approximate surface area is 120 Å². The predicted molar refractivity (Wildman–Crippen MR) is 76.7 cm³/mol. The minimum absolute atomic E-state index is 0.282. The van der Waals surface area contributed by atoms with Crippen molar-refractivity contribution in [2.75, 3.05) is 6.61 Å². The summed E-state index contributed by atoms with van der Waals surface area (Å²) in [6.45, 7) is 2.51. The van der Waals surface area contributed by atoms with Gasteiger partial charge < -0.3 is 9.47 Å². The van der Waals surface area contributed by atoms with Crippen LogP contribution >= 0.6 is 15.9 Å². The van der Waals surface area contributed by atoms with Gasteiger partial charge in [-0.15, -0.1) is 0 Å². The molecule has 0 N–H and O–H groups in total. The second-order valence-electron chi connectivity index (χ2n) is 3.86. The molecule has 0 aliphatic rings. The van der Waals surface area contributed by atoms with E-state index in [9.17, 15) is 4.39 Å². The summed E-state index contributed by atoms with van der Waals surface area (Å²) in [5, 5.41) is 0.403. The summed E-state index contributed by atoms with van der Waals surface area (Å²) in [5.41, 5.74) is 0.504. The van der Waals surface area contributed by atoms with Gasteiger partial charge in [0.2, 0.25) is 0 Å². The standard InChI is InChI=1S/C15H14BrFO2/c1-2-18-11-5-3-6-12(9-11)19-15-8-4-7-14(17)13(15)10-16/h3-9H,2,10H2,1H3. The average molecular weight is 325 g/mol. The van der Waals surface area contributed by atoms with E-state index in [0.29, 0.717) is 29.0 Å². The fraction of sp³-hybridized carbons (Fsp3) is 0.200. The molecule has 2 aromatic carbocycles. The van der Waals surface area contributed by atoms with Crippen molar-refractivity contribution >= 4 is 15.9 Å². The van der Waals surface area contributed by atoms with Crippen molar-refractivity contribution < 1.29 is 13.9 Å². The summed E-state index contributed by atoms with van der Waals surface area (Å²) in [6.07, 6.45) is 0. The molecule has 0 radical (unpaired) electrons. The highest BCUT2D eigenvalue weighted by atomic mass is 79.9. The first-order valence-corrected chi connectivity index (χ1v) is 7.10. The molecule has 0 aromatic heterocycles. The largest absolute Gasteiger partial charge is 0.494 e. The van der Waals surface area contributed by atoms with Gasteiger partial charge in [-0.05, 0) is 31.2 Å². The van der Waals surface area contributed by atoms with Gasteiger partial charge >= 0.3 is 0 Å². The lowest BCUT2D eigenvalue weighted by Gasteiger charge is -2.11. The number of hydrogen-bond acceptors (Lipinski definition) is 2. The third-order valence-corrected chi connectivity index (χ3v) is 3.11. The summed E-state index contributed by atoms with van der Waals surface area (Å²) in [5.74, 6) is 1.58. The van der Waals surface area contributed by atoms with Gasteiger partial charge in [0.25, 0.3) is 0 Å². The van der Waals surface area contributed by atoms with Crippen LogP contribution in [0.5, 0.6) is 17.2 Å². The van der Waals surface area contributed by atoms with Crippen molar-refractivity contribution in [2.24, 2.45) is 0 Å². The number of alkyl halides is 1. The summed E-state index contributed by atoms with van der Waals surface area (Å²) in [6, 6.07) is 12.1. The highest BCUT2D eigenvalue weighted by molar-refractivity contribution is 9.08. The minimum atomic E-state index is -0.282. The molecule has 2 nitrogen and oxygen atoms in total. The van der Waals surface area contributed by atoms with Crippen LogP contribution in [0.4, 0.5) is 4.39 Å². The van der Waals surface area contributed by atoms with Gasteiger partial charge in [-0.1, -0.05) is 28.1 Å². The van der Waals surface area contributed by atoms with E-state index in [2.05, 4.69) is 15.9 Å². The Bertz CT molecular complexity index is 558. The third-order valence-electron chi connectivity index (χ3n) is 2.55. The molecule has 100 valence electrons. The van der Waals surface area contributed by atoms with Crippen molar-refractivity contribution in [3.8, 4) is 17.2 Å². The van der Waals surface area contributed by atoms with Crippen LogP contribution in [0.1, 0.15) is 12.5 Å². The van der Waals surface area contributed by atoms with E-state index < -0.39 is 0 Å². The molecule has 0 aliphatic carbocycles. The molecule has 0 unspecified atom stereocenters. The van der Waals surface area contributed by atoms with E-state index in [1.807, 2.05) is 25.1 Å². The number of hydrogen-bond donors (Lipinski definition) is 0. The van der Waals surface area contributed by atoms with E-state index in [-0.39, 0.29) is 5.82 Å². The monoisotopic (exact) mass is 324 g/mol. The lowest BCUT2D eigenvalue weighted by molar-refractivity contribution is 0.338. The van der Waals surface area contributed by atoms with Crippen LogP contribution in [0.25, 0.3) is 0 Å². The second kappa shape index (κ2) is 6.57. The van der Waals surface area contributed by atoms with Crippen molar-refractivity contribution in [2.45, 2.75) is 12.3 Å². The second-order valence-corrected chi connectivity index (χ2v) is 4.42. The number of rotatable bonds is 5. The maximum atomic E-state index is 13.6. The Balaban J connectivity index is 2.26. The third kappa shape index (κ3) is 3.47. The van der Waals surface area contributed by atoms with Crippen LogP contribution in [0.15, 0.2) is 42.5 Å². The molecular formula is C15H14BrFO2. The van der Waals surface area contributed by atoms with E-state index in [4.69, 9.17) is 9.47 Å². The Kier molecular flexibility index (Phi) is 4.80. The molecule has 0 saturated heterocycles. The van der Waals surface area contributed by atoms with Gasteiger partial charge in [0.1, 0.15) is 23.1 Å². The molecular weight excluding hydrogens is 311 g/mol. The lowest BCUT2D eigenvalue weighted by atomic mass is 10.2. The smallest absolute Gasteiger partial charge is 0.134 e. The zero-order valence-corrected chi connectivity index (χ0v) is 12.1. The first kappa shape index (κ1) is 13.9. The molecule has 2 aromatic rings. The number of ether oxygens (including phenoxy) is 2. The highest BCUT2D eigenvalue weighted by Gasteiger charge is 2.09. The Hall–Kier alpha value is -1.55. The zero-order chi connectivity index (χ0) is 13.7. The quantitative estimate of drug-likeness (QED) is 0.727. The van der Waals surface area contributed by atoms with E-state index in [0.717, 1.165) is 5.75 Å². The number of benzene rings is 2. The maximum absolute atomic E-state index is 13.6. The van der Waals surface area contributed by atoms with Crippen LogP contribution in [0, 0.1) is 5.82 Å². The molecule has 0 aliphatic heterocycles. The fourth-order valence-corrected chi connectivity index (χ4v) is 2.23. The van der Waals surface area contributed by atoms with E-state index in [1.54, 1.807) is 18.2 Å². The molecule has 0 saturated carbocycles. The molecule has 0 atom stereocenters. The van der Waals surface area contributed by atoms with E-state index >= 15 is 0 Å². The van der Waals surface area contributed by atoms with Gasteiger partial charge in [-0.25, -0.2) is 4.39 Å². The molecule has 4 heteroatoms. The molecule has 2 rings (SSSR count). The van der Waals surface area contributed by atoms with Crippen LogP contribution in [-0.2, 0) is 5.33 Å². The predicted octanol–water partition coefficient (Wildman–Crippen LogP) is 4.91. The maximum Gasteiger partial charge on any atom is 0.134 e. The van der Waals surface area contributed by atoms with Gasteiger partial charge in [0, 0.05) is 17.0 Å². The van der Waals surface area contributed by atoms with Gasteiger partial charge in [0.05, 0.1) is 6.61 Å². The first-order valence-electron chi connectivity index (χ1n) is 5.98. The average Bonchev–Trinajstić information content (AvgIpc) is 2.40. The van der Waals surface area contributed by atoms with Crippen molar-refractivity contribution in [3.63, 3.8) is 0 Å². The fourth-order valence-electron chi connectivity index (χ4n) is 1.69. The van der Waals surface area contributed by atoms with Crippen LogP contribution in [0.2, 0.25) is 0 Å². The van der Waals surface area contributed by atoms with Crippen LogP contribution < -0.4 is 9.47 Å².